The standard InChI is InChI=1S/C11H15ClN4OS/c12-11-14-8(2-1-3-13)9(18)10(15-11)16-4-6-17-7-5-16/h1-2,18H,3-7,13H2/b2-1+. The Morgan fingerprint density at radius 2 is 2.11 bits per heavy atom. The zero-order valence-corrected chi connectivity index (χ0v) is 11.5. The number of aromatic nitrogens is 2. The van der Waals surface area contributed by atoms with Crippen LogP contribution in [0.15, 0.2) is 11.0 Å². The largest absolute Gasteiger partial charge is 0.378 e. The summed E-state index contributed by atoms with van der Waals surface area (Å²) in [6.07, 6.45) is 3.61. The van der Waals surface area contributed by atoms with Crippen molar-refractivity contribution in [3.63, 3.8) is 0 Å². The van der Waals surface area contributed by atoms with Crippen molar-refractivity contribution in [2.75, 3.05) is 37.7 Å². The minimum absolute atomic E-state index is 0.214. The molecule has 1 aliphatic heterocycles. The van der Waals surface area contributed by atoms with Gasteiger partial charge in [0.15, 0.2) is 0 Å². The van der Waals surface area contributed by atoms with Crippen LogP contribution in [-0.4, -0.2) is 42.8 Å². The molecule has 1 aromatic rings. The fourth-order valence-corrected chi connectivity index (χ4v) is 2.21. The molecule has 5 nitrogen and oxygen atoms in total. The molecule has 1 saturated heterocycles. The molecule has 2 rings (SSSR count). The van der Waals surface area contributed by atoms with Crippen LogP contribution in [0.4, 0.5) is 5.82 Å². The topological polar surface area (TPSA) is 64.3 Å². The van der Waals surface area contributed by atoms with Crippen LogP contribution in [-0.2, 0) is 4.74 Å². The Balaban J connectivity index is 2.34. The van der Waals surface area contributed by atoms with Crippen molar-refractivity contribution in [1.29, 1.82) is 0 Å². The highest BCUT2D eigenvalue weighted by atomic mass is 35.5. The van der Waals surface area contributed by atoms with Crippen molar-refractivity contribution in [3.8, 4) is 0 Å². The third-order valence-electron chi connectivity index (χ3n) is 2.59. The Bertz CT molecular complexity index is 449. The zero-order valence-electron chi connectivity index (χ0n) is 9.84. The monoisotopic (exact) mass is 286 g/mol. The van der Waals surface area contributed by atoms with E-state index in [1.54, 1.807) is 6.08 Å². The first-order valence-electron chi connectivity index (χ1n) is 5.68. The van der Waals surface area contributed by atoms with E-state index in [2.05, 4.69) is 27.5 Å². The summed E-state index contributed by atoms with van der Waals surface area (Å²) < 4.78 is 5.31. The minimum atomic E-state index is 0.214. The van der Waals surface area contributed by atoms with Crippen molar-refractivity contribution in [2.45, 2.75) is 4.90 Å². The van der Waals surface area contributed by atoms with Crippen molar-refractivity contribution in [1.82, 2.24) is 9.97 Å². The van der Waals surface area contributed by atoms with Gasteiger partial charge in [-0.25, -0.2) is 4.98 Å². The van der Waals surface area contributed by atoms with Crippen molar-refractivity contribution in [3.05, 3.63) is 17.1 Å². The van der Waals surface area contributed by atoms with E-state index in [9.17, 15) is 0 Å². The number of halogens is 1. The van der Waals surface area contributed by atoms with E-state index in [1.807, 2.05) is 6.08 Å². The maximum absolute atomic E-state index is 5.94. The second-order valence-electron chi connectivity index (χ2n) is 3.79. The Kier molecular flexibility index (Phi) is 4.82. The maximum Gasteiger partial charge on any atom is 0.224 e. The molecule has 0 atom stereocenters. The van der Waals surface area contributed by atoms with Gasteiger partial charge in [-0.15, -0.1) is 12.6 Å². The van der Waals surface area contributed by atoms with Crippen LogP contribution in [0, 0.1) is 0 Å². The summed E-state index contributed by atoms with van der Waals surface area (Å²) >= 11 is 10.4. The van der Waals surface area contributed by atoms with Crippen LogP contribution in [0.3, 0.4) is 0 Å². The van der Waals surface area contributed by atoms with E-state index in [4.69, 9.17) is 22.1 Å². The Labute approximate surface area is 116 Å². The van der Waals surface area contributed by atoms with Crippen LogP contribution in [0.25, 0.3) is 6.08 Å². The lowest BCUT2D eigenvalue weighted by Crippen LogP contribution is -2.37. The molecule has 0 bridgehead atoms. The highest BCUT2D eigenvalue weighted by Gasteiger charge is 2.18. The van der Waals surface area contributed by atoms with Gasteiger partial charge in [-0.05, 0) is 17.7 Å². The van der Waals surface area contributed by atoms with Gasteiger partial charge in [-0.2, -0.15) is 4.98 Å². The molecule has 7 heteroatoms. The summed E-state index contributed by atoms with van der Waals surface area (Å²) in [7, 11) is 0. The number of nitrogens with two attached hydrogens (primary N) is 1. The summed E-state index contributed by atoms with van der Waals surface area (Å²) in [5.41, 5.74) is 6.12. The molecule has 0 unspecified atom stereocenters. The van der Waals surface area contributed by atoms with Gasteiger partial charge < -0.3 is 15.4 Å². The van der Waals surface area contributed by atoms with E-state index < -0.39 is 0 Å². The number of anilines is 1. The van der Waals surface area contributed by atoms with E-state index in [0.717, 1.165) is 18.9 Å². The highest BCUT2D eigenvalue weighted by molar-refractivity contribution is 7.80. The molecule has 2 heterocycles. The summed E-state index contributed by atoms with van der Waals surface area (Å²) in [6.45, 7) is 3.37. The molecule has 1 aliphatic rings. The fourth-order valence-electron chi connectivity index (χ4n) is 1.72. The summed E-state index contributed by atoms with van der Waals surface area (Å²) in [6, 6.07) is 0. The van der Waals surface area contributed by atoms with Gasteiger partial charge in [0.25, 0.3) is 0 Å². The first-order valence-corrected chi connectivity index (χ1v) is 6.50. The Morgan fingerprint density at radius 1 is 1.39 bits per heavy atom. The van der Waals surface area contributed by atoms with Gasteiger partial charge in [0.2, 0.25) is 5.28 Å². The molecule has 0 saturated carbocycles. The van der Waals surface area contributed by atoms with Gasteiger partial charge in [-0.3, -0.25) is 0 Å². The van der Waals surface area contributed by atoms with Crippen LogP contribution in [0.1, 0.15) is 5.69 Å². The Hall–Kier alpha value is -0.820. The Morgan fingerprint density at radius 3 is 2.78 bits per heavy atom. The normalized spacial score (nSPS) is 16.5. The zero-order chi connectivity index (χ0) is 13.0. The molecule has 98 valence electrons. The molecule has 0 radical (unpaired) electrons. The number of hydrogen-bond donors (Lipinski definition) is 2. The second kappa shape index (κ2) is 6.38. The molecule has 0 aromatic carbocycles. The van der Waals surface area contributed by atoms with E-state index in [-0.39, 0.29) is 5.28 Å². The van der Waals surface area contributed by atoms with E-state index in [1.165, 1.54) is 0 Å². The van der Waals surface area contributed by atoms with Crippen LogP contribution >= 0.6 is 24.2 Å². The molecule has 1 fully saturated rings. The SMILES string of the molecule is NC/C=C/c1nc(Cl)nc(N2CCOCC2)c1S. The molecule has 0 aliphatic carbocycles. The fraction of sp³-hybridized carbons (Fsp3) is 0.455. The van der Waals surface area contributed by atoms with Crippen molar-refractivity contribution in [2.24, 2.45) is 5.73 Å². The van der Waals surface area contributed by atoms with Gasteiger partial charge in [-0.1, -0.05) is 6.08 Å². The van der Waals surface area contributed by atoms with Gasteiger partial charge >= 0.3 is 0 Å². The number of nitrogens with zero attached hydrogens (tertiary/aromatic N) is 3. The molecule has 1 aromatic heterocycles. The van der Waals surface area contributed by atoms with E-state index >= 15 is 0 Å². The molecule has 0 amide bonds. The molecule has 18 heavy (non-hydrogen) atoms. The average molecular weight is 287 g/mol. The predicted molar refractivity (Wildman–Crippen MR) is 75.4 cm³/mol. The van der Waals surface area contributed by atoms with Crippen LogP contribution in [0.5, 0.6) is 0 Å². The molecule has 0 spiro atoms. The maximum atomic E-state index is 5.94. The predicted octanol–water partition coefficient (Wildman–Crippen LogP) is 1.23. The lowest BCUT2D eigenvalue weighted by atomic mass is 10.3. The first kappa shape index (κ1) is 13.6. The first-order chi connectivity index (χ1) is 8.72. The minimum Gasteiger partial charge on any atom is -0.378 e. The second-order valence-corrected chi connectivity index (χ2v) is 4.57. The summed E-state index contributed by atoms with van der Waals surface area (Å²) in [5, 5.41) is 0.214. The molecular weight excluding hydrogens is 272 g/mol. The van der Waals surface area contributed by atoms with Crippen molar-refractivity contribution >= 4 is 36.1 Å². The number of morpholine rings is 1. The smallest absolute Gasteiger partial charge is 0.224 e. The van der Waals surface area contributed by atoms with Gasteiger partial charge in [0, 0.05) is 19.6 Å². The lowest BCUT2D eigenvalue weighted by molar-refractivity contribution is 0.122. The van der Waals surface area contributed by atoms with E-state index in [0.29, 0.717) is 30.3 Å². The number of rotatable bonds is 3. The lowest BCUT2D eigenvalue weighted by Gasteiger charge is -2.28. The molecular formula is C11H15ClN4OS. The van der Waals surface area contributed by atoms with Crippen molar-refractivity contribution < 1.29 is 4.74 Å². The number of ether oxygens (including phenoxy) is 1. The van der Waals surface area contributed by atoms with Crippen LogP contribution in [0.2, 0.25) is 5.28 Å². The van der Waals surface area contributed by atoms with Gasteiger partial charge in [0.1, 0.15) is 5.82 Å². The summed E-state index contributed by atoms with van der Waals surface area (Å²) in [4.78, 5) is 11.2. The van der Waals surface area contributed by atoms with Crippen LogP contribution < -0.4 is 10.6 Å². The third-order valence-corrected chi connectivity index (χ3v) is 3.19. The van der Waals surface area contributed by atoms with Gasteiger partial charge in [0.05, 0.1) is 23.8 Å². The average Bonchev–Trinajstić information content (AvgIpc) is 2.40. The number of thiol groups is 1. The quantitative estimate of drug-likeness (QED) is 0.646. The number of hydrogen-bond acceptors (Lipinski definition) is 6. The highest BCUT2D eigenvalue weighted by Crippen LogP contribution is 2.27. The molecule has 2 N–H and O–H groups in total. The third kappa shape index (κ3) is 3.14. The summed E-state index contributed by atoms with van der Waals surface area (Å²) in [5.74, 6) is 0.748.